The number of amides is 1. The first kappa shape index (κ1) is 15.8. The number of nitrogens with zero attached hydrogens (tertiary/aromatic N) is 1. The fourth-order valence-corrected chi connectivity index (χ4v) is 4.70. The van der Waals surface area contributed by atoms with Gasteiger partial charge in [-0.05, 0) is 17.9 Å². The number of esters is 1. The molecule has 0 aliphatic carbocycles. The largest absolute Gasteiger partial charge is 0.465 e. The number of fused-ring (bicyclic) bond motifs is 1. The molecule has 0 N–H and O–H groups in total. The van der Waals surface area contributed by atoms with Crippen molar-refractivity contribution in [3.05, 3.63) is 34.5 Å². The van der Waals surface area contributed by atoms with E-state index in [2.05, 4.69) is 6.92 Å². The molecule has 1 spiro atoms. The Morgan fingerprint density at radius 2 is 2.42 bits per heavy atom. The minimum absolute atomic E-state index is 0.00712. The third-order valence-electron chi connectivity index (χ3n) is 5.12. The van der Waals surface area contributed by atoms with Crippen molar-refractivity contribution in [2.75, 3.05) is 13.2 Å². The molecule has 3 aliphatic rings. The van der Waals surface area contributed by atoms with Crippen molar-refractivity contribution >= 4 is 23.2 Å². The summed E-state index contributed by atoms with van der Waals surface area (Å²) in [6, 6.07) is 4.00. The number of hydrogen-bond acceptors (Lipinski definition) is 5. The van der Waals surface area contributed by atoms with Gasteiger partial charge in [-0.1, -0.05) is 31.6 Å². The lowest BCUT2D eigenvalue weighted by Gasteiger charge is -2.22. The summed E-state index contributed by atoms with van der Waals surface area (Å²) in [5.74, 6) is -1.24. The van der Waals surface area contributed by atoms with E-state index in [0.29, 0.717) is 19.7 Å². The highest BCUT2D eigenvalue weighted by molar-refractivity contribution is 7.09. The van der Waals surface area contributed by atoms with E-state index >= 15 is 0 Å². The molecule has 2 bridgehead atoms. The van der Waals surface area contributed by atoms with Gasteiger partial charge in [0.05, 0.1) is 31.7 Å². The summed E-state index contributed by atoms with van der Waals surface area (Å²) < 4.78 is 11.5. The molecule has 0 saturated carbocycles. The number of unbranched alkanes of at least 4 members (excludes halogenated alkanes) is 1. The molecule has 3 aliphatic heterocycles. The Labute approximate surface area is 145 Å². The van der Waals surface area contributed by atoms with Gasteiger partial charge in [0.1, 0.15) is 11.5 Å². The molecule has 24 heavy (non-hydrogen) atoms. The minimum atomic E-state index is -0.645. The van der Waals surface area contributed by atoms with Crippen molar-refractivity contribution in [2.24, 2.45) is 11.8 Å². The van der Waals surface area contributed by atoms with Crippen molar-refractivity contribution in [3.63, 3.8) is 0 Å². The van der Waals surface area contributed by atoms with Crippen LogP contribution in [0.4, 0.5) is 0 Å². The van der Waals surface area contributed by atoms with Gasteiger partial charge in [0.15, 0.2) is 0 Å². The number of ether oxygens (including phenoxy) is 2. The maximum atomic E-state index is 13.0. The highest BCUT2D eigenvalue weighted by Crippen LogP contribution is 2.52. The maximum absolute atomic E-state index is 13.0. The first-order valence-electron chi connectivity index (χ1n) is 8.49. The zero-order chi connectivity index (χ0) is 16.7. The lowest BCUT2D eigenvalue weighted by atomic mass is 9.77. The van der Waals surface area contributed by atoms with Gasteiger partial charge in [0.25, 0.3) is 0 Å². The van der Waals surface area contributed by atoms with Crippen LogP contribution in [0, 0.1) is 11.8 Å². The topological polar surface area (TPSA) is 55.8 Å². The Balaban J connectivity index is 1.52. The average Bonchev–Trinajstić information content (AvgIpc) is 3.31. The van der Waals surface area contributed by atoms with Gasteiger partial charge >= 0.3 is 5.97 Å². The van der Waals surface area contributed by atoms with Gasteiger partial charge in [0, 0.05) is 4.88 Å². The predicted molar refractivity (Wildman–Crippen MR) is 89.3 cm³/mol. The van der Waals surface area contributed by atoms with Crippen LogP contribution in [0.2, 0.25) is 0 Å². The van der Waals surface area contributed by atoms with Gasteiger partial charge in [-0.25, -0.2) is 0 Å². The zero-order valence-electron chi connectivity index (χ0n) is 13.6. The molecule has 6 heteroatoms. The third kappa shape index (κ3) is 2.40. The van der Waals surface area contributed by atoms with E-state index in [0.717, 1.165) is 17.7 Å². The molecular weight excluding hydrogens is 326 g/mol. The van der Waals surface area contributed by atoms with Crippen LogP contribution in [0.25, 0.3) is 0 Å². The number of rotatable bonds is 6. The zero-order valence-corrected chi connectivity index (χ0v) is 14.5. The van der Waals surface area contributed by atoms with Crippen molar-refractivity contribution in [2.45, 2.75) is 38.0 Å². The van der Waals surface area contributed by atoms with E-state index in [1.807, 2.05) is 34.6 Å². The van der Waals surface area contributed by atoms with Crippen molar-refractivity contribution in [1.29, 1.82) is 0 Å². The van der Waals surface area contributed by atoms with Gasteiger partial charge in [0.2, 0.25) is 5.91 Å². The molecule has 1 aromatic rings. The van der Waals surface area contributed by atoms with Gasteiger partial charge in [-0.2, -0.15) is 0 Å². The number of carbonyl (C=O) groups is 2. The summed E-state index contributed by atoms with van der Waals surface area (Å²) in [7, 11) is 0. The number of carbonyl (C=O) groups excluding carboxylic acids is 2. The minimum Gasteiger partial charge on any atom is -0.465 e. The average molecular weight is 347 g/mol. The molecule has 128 valence electrons. The van der Waals surface area contributed by atoms with Crippen LogP contribution in [0.15, 0.2) is 29.7 Å². The lowest BCUT2D eigenvalue weighted by Crippen LogP contribution is -2.40. The van der Waals surface area contributed by atoms with E-state index in [1.165, 1.54) is 0 Å². The maximum Gasteiger partial charge on any atom is 0.312 e. The van der Waals surface area contributed by atoms with Gasteiger partial charge in [-0.3, -0.25) is 9.59 Å². The molecule has 1 amide bonds. The first-order valence-corrected chi connectivity index (χ1v) is 9.37. The van der Waals surface area contributed by atoms with E-state index in [1.54, 1.807) is 11.3 Å². The molecule has 0 radical (unpaired) electrons. The highest BCUT2D eigenvalue weighted by Gasteiger charge is 2.67. The molecule has 2 saturated heterocycles. The van der Waals surface area contributed by atoms with E-state index < -0.39 is 17.4 Å². The number of hydrogen-bond donors (Lipinski definition) is 0. The fourth-order valence-electron chi connectivity index (χ4n) is 3.99. The summed E-state index contributed by atoms with van der Waals surface area (Å²) in [5, 5.41) is 2.00. The summed E-state index contributed by atoms with van der Waals surface area (Å²) in [6.07, 6.45) is 5.39. The predicted octanol–water partition coefficient (Wildman–Crippen LogP) is 2.37. The highest BCUT2D eigenvalue weighted by atomic mass is 32.1. The molecule has 4 heterocycles. The van der Waals surface area contributed by atoms with Crippen molar-refractivity contribution in [3.8, 4) is 0 Å². The molecule has 1 unspecified atom stereocenters. The van der Waals surface area contributed by atoms with E-state index in [9.17, 15) is 9.59 Å². The van der Waals surface area contributed by atoms with E-state index in [4.69, 9.17) is 9.47 Å². The second-order valence-electron chi connectivity index (χ2n) is 6.69. The normalized spacial score (nSPS) is 33.3. The molecular formula is C18H21NO4S. The monoisotopic (exact) mass is 347 g/mol. The Morgan fingerprint density at radius 3 is 3.17 bits per heavy atom. The number of likely N-dealkylation sites (tertiary alicyclic amines) is 1. The van der Waals surface area contributed by atoms with Crippen LogP contribution in [0.3, 0.4) is 0 Å². The van der Waals surface area contributed by atoms with Crippen molar-refractivity contribution in [1.82, 2.24) is 4.90 Å². The number of thiophene rings is 1. The SMILES string of the molecule is CCCCOC(=O)C1[C@H]2C(=O)N(Cc3cccs3)C[C@]23C=C[C@H]1O3. The second kappa shape index (κ2) is 6.01. The van der Waals surface area contributed by atoms with Gasteiger partial charge in [-0.15, -0.1) is 11.3 Å². The third-order valence-corrected chi connectivity index (χ3v) is 5.98. The summed E-state index contributed by atoms with van der Waals surface area (Å²) in [4.78, 5) is 28.4. The lowest BCUT2D eigenvalue weighted by molar-refractivity contribution is -0.154. The van der Waals surface area contributed by atoms with Crippen LogP contribution in [0.1, 0.15) is 24.6 Å². The van der Waals surface area contributed by atoms with Crippen LogP contribution >= 0.6 is 11.3 Å². The first-order chi connectivity index (χ1) is 11.6. The molecule has 5 nitrogen and oxygen atoms in total. The summed E-state index contributed by atoms with van der Waals surface area (Å²) in [6.45, 7) is 3.55. The molecule has 1 aromatic heterocycles. The molecule has 4 atom stereocenters. The fraction of sp³-hybridized carbons (Fsp3) is 0.556. The second-order valence-corrected chi connectivity index (χ2v) is 7.73. The van der Waals surface area contributed by atoms with Gasteiger partial charge < -0.3 is 14.4 Å². The van der Waals surface area contributed by atoms with Crippen LogP contribution in [0.5, 0.6) is 0 Å². The van der Waals surface area contributed by atoms with Crippen molar-refractivity contribution < 1.29 is 19.1 Å². The quantitative estimate of drug-likeness (QED) is 0.450. The van der Waals surface area contributed by atoms with E-state index in [-0.39, 0.29) is 18.0 Å². The molecule has 0 aromatic carbocycles. The summed E-state index contributed by atoms with van der Waals surface area (Å²) >= 11 is 1.63. The Kier molecular flexibility index (Phi) is 3.96. The van der Waals surface area contributed by atoms with Crippen LogP contribution in [-0.4, -0.2) is 41.6 Å². The van der Waals surface area contributed by atoms with Crippen LogP contribution < -0.4 is 0 Å². The molecule has 4 rings (SSSR count). The Morgan fingerprint density at radius 1 is 1.54 bits per heavy atom. The molecule has 2 fully saturated rings. The standard InChI is InChI=1S/C18H21NO4S/c1-2-3-8-22-17(21)14-13-6-7-18(23-13)11-19(16(20)15(14)18)10-12-5-4-9-24-12/h4-7,9,13-15H,2-3,8,10-11H2,1H3/t13-,14?,15+,18-/m1/s1. The summed E-state index contributed by atoms with van der Waals surface area (Å²) in [5.41, 5.74) is -0.645. The Hall–Kier alpha value is -1.66. The Bertz CT molecular complexity index is 671. The smallest absolute Gasteiger partial charge is 0.312 e. The van der Waals surface area contributed by atoms with Crippen LogP contribution in [-0.2, 0) is 25.6 Å².